The van der Waals surface area contributed by atoms with Gasteiger partial charge in [-0.05, 0) is 51.0 Å². The van der Waals surface area contributed by atoms with Gasteiger partial charge in [-0.2, -0.15) is 0 Å². The predicted molar refractivity (Wildman–Crippen MR) is 83.8 cm³/mol. The minimum atomic E-state index is -0.259. The fourth-order valence-electron chi connectivity index (χ4n) is 2.75. The van der Waals surface area contributed by atoms with Gasteiger partial charge >= 0.3 is 0 Å². The highest BCUT2D eigenvalue weighted by molar-refractivity contribution is 5.63. The summed E-state index contributed by atoms with van der Waals surface area (Å²) in [7, 11) is 1.73. The van der Waals surface area contributed by atoms with E-state index in [0.29, 0.717) is 6.04 Å². The van der Waals surface area contributed by atoms with Crippen LogP contribution in [0.5, 0.6) is 5.75 Å². The topological polar surface area (TPSA) is 30.5 Å². The Morgan fingerprint density at radius 2 is 1.80 bits per heavy atom. The van der Waals surface area contributed by atoms with E-state index in [9.17, 15) is 0 Å². The van der Waals surface area contributed by atoms with Crippen molar-refractivity contribution in [2.45, 2.75) is 58.6 Å². The molecule has 0 spiro atoms. The Morgan fingerprint density at radius 1 is 1.15 bits per heavy atom. The molecule has 2 rings (SSSR count). The Kier molecular flexibility index (Phi) is 3.76. The third-order valence-corrected chi connectivity index (χ3v) is 3.96. The molecule has 20 heavy (non-hydrogen) atoms. The normalized spacial score (nSPS) is 19.6. The molecule has 0 aromatic heterocycles. The summed E-state index contributed by atoms with van der Waals surface area (Å²) in [6.07, 6.45) is 0. The second-order valence-electron chi connectivity index (χ2n) is 7.08. The highest BCUT2D eigenvalue weighted by Gasteiger charge is 2.38. The number of hydrogen-bond donors (Lipinski definition) is 1. The molecule has 0 atom stereocenters. The molecule has 0 fully saturated rings. The summed E-state index contributed by atoms with van der Waals surface area (Å²) in [4.78, 5) is 0. The van der Waals surface area contributed by atoms with Crippen LogP contribution >= 0.6 is 0 Å². The molecule has 1 N–H and O–H groups in total. The van der Waals surface area contributed by atoms with Crippen LogP contribution in [0.3, 0.4) is 0 Å². The van der Waals surface area contributed by atoms with E-state index in [2.05, 4.69) is 59.0 Å². The number of benzene rings is 1. The van der Waals surface area contributed by atoms with Gasteiger partial charge < -0.3 is 14.8 Å². The molecule has 0 saturated carbocycles. The monoisotopic (exact) mass is 277 g/mol. The molecule has 1 aromatic carbocycles. The molecule has 0 unspecified atom stereocenters. The van der Waals surface area contributed by atoms with E-state index in [0.717, 1.165) is 18.0 Å². The fraction of sp³-hybridized carbons (Fsp3) is 0.647. The number of anilines is 1. The van der Waals surface area contributed by atoms with Gasteiger partial charge in [0.05, 0.1) is 25.0 Å². The maximum atomic E-state index is 6.07. The third-order valence-electron chi connectivity index (χ3n) is 3.96. The molecule has 0 saturated heterocycles. The molecule has 0 bridgehead atoms. The first-order valence-electron chi connectivity index (χ1n) is 7.31. The first-order chi connectivity index (χ1) is 9.17. The van der Waals surface area contributed by atoms with Crippen LogP contribution in [0, 0.1) is 0 Å². The molecule has 1 aliphatic heterocycles. The van der Waals surface area contributed by atoms with Crippen LogP contribution in [0.1, 0.15) is 52.7 Å². The van der Waals surface area contributed by atoms with Crippen molar-refractivity contribution in [3.63, 3.8) is 0 Å². The molecule has 3 heteroatoms. The molecular weight excluding hydrogens is 250 g/mol. The van der Waals surface area contributed by atoms with Crippen LogP contribution in [0.15, 0.2) is 12.1 Å². The van der Waals surface area contributed by atoms with Crippen LogP contribution in [-0.4, -0.2) is 19.8 Å². The van der Waals surface area contributed by atoms with Crippen molar-refractivity contribution >= 4 is 5.69 Å². The van der Waals surface area contributed by atoms with Crippen LogP contribution in [0.2, 0.25) is 0 Å². The average molecular weight is 277 g/mol. The number of ether oxygens (including phenoxy) is 2. The quantitative estimate of drug-likeness (QED) is 0.904. The minimum absolute atomic E-state index is 0.00843. The van der Waals surface area contributed by atoms with Gasteiger partial charge in [-0.15, -0.1) is 0 Å². The first kappa shape index (κ1) is 15.2. The number of fused-ring (bicyclic) bond motifs is 1. The average Bonchev–Trinajstić information content (AvgIpc) is 2.34. The maximum absolute atomic E-state index is 6.07. The van der Waals surface area contributed by atoms with Crippen molar-refractivity contribution < 1.29 is 9.47 Å². The van der Waals surface area contributed by atoms with E-state index in [4.69, 9.17) is 9.47 Å². The summed E-state index contributed by atoms with van der Waals surface area (Å²) in [5.41, 5.74) is 3.35. The second kappa shape index (κ2) is 4.96. The van der Waals surface area contributed by atoms with Gasteiger partial charge in [0, 0.05) is 11.5 Å². The van der Waals surface area contributed by atoms with Gasteiger partial charge in [0.2, 0.25) is 0 Å². The Bertz CT molecular complexity index is 504. The third kappa shape index (κ3) is 2.64. The van der Waals surface area contributed by atoms with Gasteiger partial charge in [-0.3, -0.25) is 0 Å². The van der Waals surface area contributed by atoms with E-state index in [1.807, 2.05) is 0 Å². The lowest BCUT2D eigenvalue weighted by atomic mass is 9.75. The van der Waals surface area contributed by atoms with Gasteiger partial charge in [-0.25, -0.2) is 0 Å². The summed E-state index contributed by atoms with van der Waals surface area (Å²) >= 11 is 0. The first-order valence-corrected chi connectivity index (χ1v) is 7.31. The van der Waals surface area contributed by atoms with Crippen molar-refractivity contribution in [3.05, 3.63) is 23.3 Å². The predicted octanol–water partition coefficient (Wildman–Crippen LogP) is 4.06. The van der Waals surface area contributed by atoms with Crippen molar-refractivity contribution in [3.8, 4) is 5.75 Å². The Balaban J connectivity index is 2.61. The summed E-state index contributed by atoms with van der Waals surface area (Å²) in [6.45, 7) is 13.7. The molecule has 0 aliphatic carbocycles. The van der Waals surface area contributed by atoms with E-state index < -0.39 is 0 Å². The molecule has 1 heterocycles. The lowest BCUT2D eigenvalue weighted by Crippen LogP contribution is -2.40. The zero-order valence-corrected chi connectivity index (χ0v) is 13.8. The van der Waals surface area contributed by atoms with Crippen LogP contribution < -0.4 is 10.1 Å². The van der Waals surface area contributed by atoms with Gasteiger partial charge in [-0.1, -0.05) is 13.8 Å². The Labute approximate surface area is 122 Å². The lowest BCUT2D eigenvalue weighted by Gasteiger charge is -2.42. The molecule has 1 aromatic rings. The molecule has 0 radical (unpaired) electrons. The highest BCUT2D eigenvalue weighted by atomic mass is 16.5. The number of hydrogen-bond acceptors (Lipinski definition) is 3. The summed E-state index contributed by atoms with van der Waals surface area (Å²) in [6, 6.07) is 4.72. The van der Waals surface area contributed by atoms with Crippen molar-refractivity contribution in [2.24, 2.45) is 0 Å². The van der Waals surface area contributed by atoms with Gasteiger partial charge in [0.15, 0.2) is 0 Å². The number of methoxy groups -OCH3 is 1. The SMILES string of the molecule is COc1cc2c(cc1NC(C)C)C(C)(C)OCC2(C)C. The number of rotatable bonds is 3. The summed E-state index contributed by atoms with van der Waals surface area (Å²) in [5.74, 6) is 0.906. The van der Waals surface area contributed by atoms with E-state index >= 15 is 0 Å². The van der Waals surface area contributed by atoms with Crippen molar-refractivity contribution in [1.29, 1.82) is 0 Å². The smallest absolute Gasteiger partial charge is 0.142 e. The lowest BCUT2D eigenvalue weighted by molar-refractivity contribution is -0.0587. The second-order valence-corrected chi connectivity index (χ2v) is 7.08. The Hall–Kier alpha value is -1.22. The summed E-state index contributed by atoms with van der Waals surface area (Å²) < 4.78 is 11.6. The van der Waals surface area contributed by atoms with E-state index in [1.54, 1.807) is 7.11 Å². The number of nitrogens with one attached hydrogen (secondary N) is 1. The van der Waals surface area contributed by atoms with Crippen molar-refractivity contribution in [2.75, 3.05) is 19.0 Å². The van der Waals surface area contributed by atoms with Gasteiger partial charge in [0.25, 0.3) is 0 Å². The van der Waals surface area contributed by atoms with Crippen LogP contribution in [-0.2, 0) is 15.8 Å². The minimum Gasteiger partial charge on any atom is -0.495 e. The maximum Gasteiger partial charge on any atom is 0.142 e. The molecule has 1 aliphatic rings. The molecule has 112 valence electrons. The zero-order chi connectivity index (χ0) is 15.1. The molecular formula is C17H27NO2. The highest BCUT2D eigenvalue weighted by Crippen LogP contribution is 2.45. The van der Waals surface area contributed by atoms with E-state index in [1.165, 1.54) is 11.1 Å². The standard InChI is InChI=1S/C17H27NO2/c1-11(2)18-14-8-13-12(9-15(14)19-7)16(3,4)10-20-17(13,5)6/h8-9,11,18H,10H2,1-7H3. The zero-order valence-electron chi connectivity index (χ0n) is 13.8. The van der Waals surface area contributed by atoms with Crippen molar-refractivity contribution in [1.82, 2.24) is 0 Å². The largest absolute Gasteiger partial charge is 0.495 e. The van der Waals surface area contributed by atoms with E-state index in [-0.39, 0.29) is 11.0 Å². The van der Waals surface area contributed by atoms with Gasteiger partial charge in [0.1, 0.15) is 5.75 Å². The Morgan fingerprint density at radius 3 is 2.35 bits per heavy atom. The summed E-state index contributed by atoms with van der Waals surface area (Å²) in [5, 5.41) is 3.46. The van der Waals surface area contributed by atoms with Crippen LogP contribution in [0.25, 0.3) is 0 Å². The fourth-order valence-corrected chi connectivity index (χ4v) is 2.75. The van der Waals surface area contributed by atoms with Crippen LogP contribution in [0.4, 0.5) is 5.69 Å². The molecule has 0 amide bonds. The molecule has 3 nitrogen and oxygen atoms in total.